The van der Waals surface area contributed by atoms with Gasteiger partial charge in [0.2, 0.25) is 11.6 Å². The van der Waals surface area contributed by atoms with Crippen LogP contribution in [0.4, 0.5) is 0 Å². The Kier molecular flexibility index (Phi) is 4.53. The first-order valence-corrected chi connectivity index (χ1v) is 7.05. The van der Waals surface area contributed by atoms with E-state index in [0.29, 0.717) is 0 Å². The smallest absolute Gasteiger partial charge is 0.208 e. The minimum atomic E-state index is -0.806. The molecule has 3 nitrogen and oxygen atoms in total. The Bertz CT molecular complexity index is 496. The predicted octanol–water partition coefficient (Wildman–Crippen LogP) is 4.63. The summed E-state index contributed by atoms with van der Waals surface area (Å²) in [7, 11) is 0. The quantitative estimate of drug-likeness (QED) is 0.724. The van der Waals surface area contributed by atoms with Crippen LogP contribution >= 0.6 is 0 Å². The molecule has 0 fully saturated rings. The van der Waals surface area contributed by atoms with E-state index in [1.165, 1.54) is 0 Å². The van der Waals surface area contributed by atoms with Crippen molar-refractivity contribution in [2.45, 2.75) is 39.3 Å². The van der Waals surface area contributed by atoms with Gasteiger partial charge in [0.1, 0.15) is 11.5 Å². The van der Waals surface area contributed by atoms with Crippen LogP contribution in [-0.4, -0.2) is 11.6 Å². The van der Waals surface area contributed by atoms with Gasteiger partial charge in [-0.25, -0.2) is 0 Å². The molecule has 0 N–H and O–H groups in total. The third-order valence-corrected chi connectivity index (χ3v) is 2.71. The van der Waals surface area contributed by atoms with Crippen LogP contribution in [0.3, 0.4) is 0 Å². The first-order valence-electron chi connectivity index (χ1n) is 7.05. The van der Waals surface area contributed by atoms with Crippen molar-refractivity contribution in [3.63, 3.8) is 0 Å². The number of para-hydroxylation sites is 2. The summed E-state index contributed by atoms with van der Waals surface area (Å²) in [5.74, 6) is -0.0877. The zero-order chi connectivity index (χ0) is 15.3. The highest BCUT2D eigenvalue weighted by Gasteiger charge is 2.32. The van der Waals surface area contributed by atoms with Gasteiger partial charge in [0.05, 0.1) is 0 Å². The Morgan fingerprint density at radius 2 is 0.905 bits per heavy atom. The van der Waals surface area contributed by atoms with Gasteiger partial charge in [0.15, 0.2) is 0 Å². The van der Waals surface area contributed by atoms with Crippen molar-refractivity contribution in [1.29, 1.82) is 0 Å². The van der Waals surface area contributed by atoms with E-state index >= 15 is 0 Å². The summed E-state index contributed by atoms with van der Waals surface area (Å²) in [5, 5.41) is 0. The van der Waals surface area contributed by atoms with Crippen LogP contribution in [0.15, 0.2) is 60.7 Å². The molecule has 0 heterocycles. The maximum absolute atomic E-state index is 5.99. The Hall–Kier alpha value is -2.00. The summed E-state index contributed by atoms with van der Waals surface area (Å²) in [6.07, 6.45) is 0. The molecule has 2 aromatic carbocycles. The number of ether oxygens (including phenoxy) is 3. The predicted molar refractivity (Wildman–Crippen MR) is 83.4 cm³/mol. The molecule has 0 aliphatic carbocycles. The molecule has 2 rings (SSSR count). The van der Waals surface area contributed by atoms with E-state index in [1.54, 1.807) is 0 Å². The van der Waals surface area contributed by atoms with E-state index in [-0.39, 0.29) is 0 Å². The molecule has 0 spiro atoms. The van der Waals surface area contributed by atoms with Crippen LogP contribution in [0, 0.1) is 0 Å². The topological polar surface area (TPSA) is 27.7 Å². The molecule has 0 unspecified atom stereocenters. The van der Waals surface area contributed by atoms with Gasteiger partial charge < -0.3 is 9.47 Å². The highest BCUT2D eigenvalue weighted by atomic mass is 16.8. The molecule has 112 valence electrons. The molecular formula is C18H22O3. The fraction of sp³-hybridized carbons (Fsp3) is 0.333. The van der Waals surface area contributed by atoms with Crippen LogP contribution in [0.25, 0.3) is 0 Å². The number of rotatable bonds is 6. The van der Waals surface area contributed by atoms with E-state index in [9.17, 15) is 0 Å². The second-order valence-corrected chi connectivity index (χ2v) is 5.73. The SMILES string of the molecule is CC(C)(Oc1ccccc1)OC(C)(C)Oc1ccccc1. The summed E-state index contributed by atoms with van der Waals surface area (Å²) in [6.45, 7) is 7.48. The summed E-state index contributed by atoms with van der Waals surface area (Å²) in [4.78, 5) is 0. The largest absolute Gasteiger partial charge is 0.463 e. The van der Waals surface area contributed by atoms with Gasteiger partial charge in [0.25, 0.3) is 0 Å². The standard InChI is InChI=1S/C18H22O3/c1-17(2,19-15-11-7-5-8-12-15)21-18(3,4)20-16-13-9-6-10-14-16/h5-14H,1-4H3. The van der Waals surface area contributed by atoms with Crippen molar-refractivity contribution >= 4 is 0 Å². The highest BCUT2D eigenvalue weighted by Crippen LogP contribution is 2.26. The van der Waals surface area contributed by atoms with Crippen LogP contribution in [0.2, 0.25) is 0 Å². The Morgan fingerprint density at radius 1 is 0.571 bits per heavy atom. The zero-order valence-corrected chi connectivity index (χ0v) is 13.0. The average Bonchev–Trinajstić information content (AvgIpc) is 2.38. The lowest BCUT2D eigenvalue weighted by molar-refractivity contribution is -0.281. The molecule has 0 amide bonds. The molecule has 0 aromatic heterocycles. The molecule has 0 atom stereocenters. The maximum atomic E-state index is 5.99. The normalized spacial score (nSPS) is 12.0. The molecule has 0 saturated heterocycles. The van der Waals surface area contributed by atoms with Gasteiger partial charge >= 0.3 is 0 Å². The Labute approximate surface area is 126 Å². The molecular weight excluding hydrogens is 264 g/mol. The molecule has 0 saturated carbocycles. The molecule has 3 heteroatoms. The van der Waals surface area contributed by atoms with Crippen LogP contribution in [0.1, 0.15) is 27.7 Å². The molecule has 21 heavy (non-hydrogen) atoms. The Morgan fingerprint density at radius 3 is 1.24 bits per heavy atom. The van der Waals surface area contributed by atoms with Gasteiger partial charge in [0, 0.05) is 27.7 Å². The first-order chi connectivity index (χ1) is 9.86. The highest BCUT2D eigenvalue weighted by molar-refractivity contribution is 5.22. The van der Waals surface area contributed by atoms with Crippen LogP contribution in [-0.2, 0) is 4.74 Å². The molecule has 0 bridgehead atoms. The van der Waals surface area contributed by atoms with Crippen LogP contribution in [0.5, 0.6) is 11.5 Å². The van der Waals surface area contributed by atoms with Gasteiger partial charge in [-0.1, -0.05) is 36.4 Å². The van der Waals surface area contributed by atoms with E-state index in [0.717, 1.165) is 11.5 Å². The maximum Gasteiger partial charge on any atom is 0.208 e. The minimum absolute atomic E-state index is 0.762. The van der Waals surface area contributed by atoms with Crippen molar-refractivity contribution in [2.24, 2.45) is 0 Å². The van der Waals surface area contributed by atoms with Gasteiger partial charge in [-0.3, -0.25) is 4.74 Å². The second-order valence-electron chi connectivity index (χ2n) is 5.73. The molecule has 0 aliphatic heterocycles. The number of benzene rings is 2. The first kappa shape index (κ1) is 15.4. The van der Waals surface area contributed by atoms with Gasteiger partial charge in [-0.2, -0.15) is 0 Å². The van der Waals surface area contributed by atoms with Crippen molar-refractivity contribution < 1.29 is 14.2 Å². The lowest BCUT2D eigenvalue weighted by atomic mass is 10.3. The summed E-state index contributed by atoms with van der Waals surface area (Å²) in [6, 6.07) is 19.2. The minimum Gasteiger partial charge on any atom is -0.463 e. The Balaban J connectivity index is 2.01. The fourth-order valence-electron chi connectivity index (χ4n) is 2.18. The lowest BCUT2D eigenvalue weighted by Gasteiger charge is -2.36. The number of hydrogen-bond donors (Lipinski definition) is 0. The summed E-state index contributed by atoms with van der Waals surface area (Å²) in [5.41, 5.74) is 0. The van der Waals surface area contributed by atoms with Gasteiger partial charge in [-0.15, -0.1) is 0 Å². The third-order valence-electron chi connectivity index (χ3n) is 2.71. The van der Waals surface area contributed by atoms with Crippen molar-refractivity contribution in [3.05, 3.63) is 60.7 Å². The average molecular weight is 286 g/mol. The molecule has 2 aromatic rings. The fourth-order valence-corrected chi connectivity index (χ4v) is 2.18. The van der Waals surface area contributed by atoms with E-state index < -0.39 is 11.6 Å². The van der Waals surface area contributed by atoms with Crippen molar-refractivity contribution in [1.82, 2.24) is 0 Å². The van der Waals surface area contributed by atoms with E-state index in [1.807, 2.05) is 88.4 Å². The van der Waals surface area contributed by atoms with Crippen molar-refractivity contribution in [2.75, 3.05) is 0 Å². The van der Waals surface area contributed by atoms with E-state index in [2.05, 4.69) is 0 Å². The summed E-state index contributed by atoms with van der Waals surface area (Å²) < 4.78 is 17.7. The lowest BCUT2D eigenvalue weighted by Crippen LogP contribution is -2.44. The molecule has 0 aliphatic rings. The van der Waals surface area contributed by atoms with Crippen molar-refractivity contribution in [3.8, 4) is 11.5 Å². The number of hydrogen-bond acceptors (Lipinski definition) is 3. The second kappa shape index (κ2) is 6.19. The summed E-state index contributed by atoms with van der Waals surface area (Å²) >= 11 is 0. The molecule has 0 radical (unpaired) electrons. The van der Waals surface area contributed by atoms with Crippen LogP contribution < -0.4 is 9.47 Å². The third kappa shape index (κ3) is 5.12. The zero-order valence-electron chi connectivity index (χ0n) is 13.0. The van der Waals surface area contributed by atoms with E-state index in [4.69, 9.17) is 14.2 Å². The monoisotopic (exact) mass is 286 g/mol. The van der Waals surface area contributed by atoms with Gasteiger partial charge in [-0.05, 0) is 24.3 Å².